The fourth-order valence-electron chi connectivity index (χ4n) is 5.35. The predicted octanol–water partition coefficient (Wildman–Crippen LogP) is 9.65. The highest BCUT2D eigenvalue weighted by atomic mass is 16.5. The second-order valence-electron chi connectivity index (χ2n) is 11.6. The van der Waals surface area contributed by atoms with Crippen LogP contribution in [-0.2, 0) is 14.3 Å². The molecule has 0 aromatic rings. The Kier molecular flexibility index (Phi) is 19.7. The molecule has 210 valence electrons. The van der Waals surface area contributed by atoms with Crippen LogP contribution in [0.4, 0.5) is 0 Å². The molecule has 4 nitrogen and oxygen atoms in total. The zero-order valence-electron chi connectivity index (χ0n) is 24.0. The van der Waals surface area contributed by atoms with Crippen molar-refractivity contribution in [2.45, 2.75) is 162 Å². The third-order valence-electron chi connectivity index (χ3n) is 7.73. The molecule has 0 saturated carbocycles. The molecule has 1 aliphatic carbocycles. The molecular weight excluding hydrogens is 448 g/mol. The minimum Gasteiger partial charge on any atom is -0.481 e. The molecule has 3 unspecified atom stereocenters. The summed E-state index contributed by atoms with van der Waals surface area (Å²) < 4.78 is 5.97. The van der Waals surface area contributed by atoms with Crippen LogP contribution in [0.1, 0.15) is 156 Å². The zero-order chi connectivity index (χ0) is 26.4. The first kappa shape index (κ1) is 32.7. The van der Waals surface area contributed by atoms with Crippen molar-refractivity contribution in [2.75, 3.05) is 0 Å². The average Bonchev–Trinajstić information content (AvgIpc) is 2.86. The van der Waals surface area contributed by atoms with E-state index < -0.39 is 17.8 Å². The third kappa shape index (κ3) is 16.4. The summed E-state index contributed by atoms with van der Waals surface area (Å²) in [4.78, 5) is 24.6. The van der Waals surface area contributed by atoms with Gasteiger partial charge < -0.3 is 9.84 Å². The van der Waals surface area contributed by atoms with Gasteiger partial charge in [-0.3, -0.25) is 9.59 Å². The Morgan fingerprint density at radius 2 is 1.25 bits per heavy atom. The van der Waals surface area contributed by atoms with Crippen LogP contribution in [0.5, 0.6) is 0 Å². The van der Waals surface area contributed by atoms with Gasteiger partial charge in [-0.2, -0.15) is 0 Å². The number of ether oxygens (including phenoxy) is 1. The standard InChI is InChI=1S/C32H58O4/c1-4-5-6-7-8-9-10-11-12-15-18-23-28(24-19-16-13-14-17-22-27(2)3)36-32(35)30-26-21-20-25-29(30)31(33)34/h21,26-30H,4-20,22-25H2,1-3H3,(H,33,34). The molecule has 0 saturated heterocycles. The lowest BCUT2D eigenvalue weighted by atomic mass is 9.84. The first-order valence-corrected chi connectivity index (χ1v) is 15.6. The first-order valence-electron chi connectivity index (χ1n) is 15.6. The number of carbonyl (C=O) groups excluding carboxylic acids is 1. The summed E-state index contributed by atoms with van der Waals surface area (Å²) in [5.41, 5.74) is 0. The molecule has 0 fully saturated rings. The summed E-state index contributed by atoms with van der Waals surface area (Å²) >= 11 is 0. The van der Waals surface area contributed by atoms with Crippen LogP contribution >= 0.6 is 0 Å². The number of carboxylic acid groups (broad SMARTS) is 1. The van der Waals surface area contributed by atoms with Gasteiger partial charge in [0.25, 0.3) is 0 Å². The molecule has 0 spiro atoms. The van der Waals surface area contributed by atoms with Crippen molar-refractivity contribution >= 4 is 11.9 Å². The Bertz CT molecular complexity index is 583. The van der Waals surface area contributed by atoms with E-state index in [1.807, 2.05) is 6.08 Å². The van der Waals surface area contributed by atoms with Gasteiger partial charge in [-0.1, -0.05) is 129 Å². The summed E-state index contributed by atoms with van der Waals surface area (Å²) in [6.45, 7) is 6.83. The Morgan fingerprint density at radius 1 is 0.778 bits per heavy atom. The highest BCUT2D eigenvalue weighted by molar-refractivity contribution is 5.83. The summed E-state index contributed by atoms with van der Waals surface area (Å²) in [7, 11) is 0. The van der Waals surface area contributed by atoms with E-state index in [9.17, 15) is 14.7 Å². The van der Waals surface area contributed by atoms with Gasteiger partial charge in [0, 0.05) is 0 Å². The van der Waals surface area contributed by atoms with Gasteiger partial charge in [-0.05, 0) is 44.4 Å². The first-order chi connectivity index (χ1) is 17.5. The number of rotatable bonds is 23. The predicted molar refractivity (Wildman–Crippen MR) is 151 cm³/mol. The SMILES string of the molecule is CCCCCCCCCCCCCC(CCCCCCCC(C)C)OC(=O)C1C=CCCC1C(=O)O. The van der Waals surface area contributed by atoms with Crippen molar-refractivity contribution in [3.8, 4) is 0 Å². The smallest absolute Gasteiger partial charge is 0.313 e. The Labute approximate surface area is 223 Å². The molecule has 0 radical (unpaired) electrons. The van der Waals surface area contributed by atoms with E-state index in [1.54, 1.807) is 6.08 Å². The van der Waals surface area contributed by atoms with Crippen LogP contribution in [0, 0.1) is 17.8 Å². The molecule has 0 bridgehead atoms. The zero-order valence-corrected chi connectivity index (χ0v) is 24.0. The van der Waals surface area contributed by atoms with Crippen LogP contribution in [0.2, 0.25) is 0 Å². The largest absolute Gasteiger partial charge is 0.481 e. The number of unbranched alkanes of at least 4 members (excludes halogenated alkanes) is 14. The van der Waals surface area contributed by atoms with Crippen molar-refractivity contribution in [3.63, 3.8) is 0 Å². The van der Waals surface area contributed by atoms with E-state index in [0.717, 1.165) is 38.0 Å². The van der Waals surface area contributed by atoms with E-state index in [1.165, 1.54) is 96.3 Å². The van der Waals surface area contributed by atoms with Crippen molar-refractivity contribution in [2.24, 2.45) is 17.8 Å². The number of allylic oxidation sites excluding steroid dienone is 1. The number of aliphatic carboxylic acids is 1. The van der Waals surface area contributed by atoms with E-state index >= 15 is 0 Å². The average molecular weight is 507 g/mol. The van der Waals surface area contributed by atoms with Gasteiger partial charge in [0.1, 0.15) is 6.10 Å². The van der Waals surface area contributed by atoms with Crippen molar-refractivity contribution in [1.82, 2.24) is 0 Å². The Balaban J connectivity index is 2.37. The van der Waals surface area contributed by atoms with Crippen LogP contribution in [0.25, 0.3) is 0 Å². The van der Waals surface area contributed by atoms with Crippen LogP contribution in [0.15, 0.2) is 12.2 Å². The molecule has 1 N–H and O–H groups in total. The molecule has 0 amide bonds. The molecule has 3 atom stereocenters. The molecule has 0 aromatic carbocycles. The molecular formula is C32H58O4. The normalized spacial score (nSPS) is 18.4. The quantitative estimate of drug-likeness (QED) is 0.0851. The lowest BCUT2D eigenvalue weighted by Crippen LogP contribution is -2.33. The number of hydrogen-bond donors (Lipinski definition) is 1. The van der Waals surface area contributed by atoms with Gasteiger partial charge >= 0.3 is 11.9 Å². The van der Waals surface area contributed by atoms with E-state index in [4.69, 9.17) is 4.74 Å². The molecule has 0 aliphatic heterocycles. The van der Waals surface area contributed by atoms with Crippen molar-refractivity contribution in [3.05, 3.63) is 12.2 Å². The second-order valence-corrected chi connectivity index (χ2v) is 11.6. The number of carboxylic acids is 1. The van der Waals surface area contributed by atoms with Crippen LogP contribution in [-0.4, -0.2) is 23.1 Å². The minimum atomic E-state index is -0.885. The van der Waals surface area contributed by atoms with Gasteiger partial charge in [0.15, 0.2) is 0 Å². The minimum absolute atomic E-state index is 0.0727. The maximum atomic E-state index is 12.9. The highest BCUT2D eigenvalue weighted by Gasteiger charge is 2.35. The van der Waals surface area contributed by atoms with Gasteiger partial charge in [-0.25, -0.2) is 0 Å². The Morgan fingerprint density at radius 3 is 1.72 bits per heavy atom. The fraction of sp³-hybridized carbons (Fsp3) is 0.875. The molecule has 36 heavy (non-hydrogen) atoms. The molecule has 1 aliphatic rings. The molecule has 0 aromatic heterocycles. The van der Waals surface area contributed by atoms with Crippen LogP contribution < -0.4 is 0 Å². The van der Waals surface area contributed by atoms with Crippen LogP contribution in [0.3, 0.4) is 0 Å². The number of hydrogen-bond acceptors (Lipinski definition) is 3. The maximum Gasteiger partial charge on any atom is 0.313 e. The summed E-state index contributed by atoms with van der Waals surface area (Å²) in [5, 5.41) is 9.54. The molecule has 4 heteroatoms. The van der Waals surface area contributed by atoms with Gasteiger partial charge in [0.05, 0.1) is 11.8 Å². The second kappa shape index (κ2) is 21.7. The lowest BCUT2D eigenvalue weighted by Gasteiger charge is -2.26. The van der Waals surface area contributed by atoms with Crippen molar-refractivity contribution < 1.29 is 19.4 Å². The molecule has 1 rings (SSSR count). The highest BCUT2D eigenvalue weighted by Crippen LogP contribution is 2.28. The van der Waals surface area contributed by atoms with E-state index in [0.29, 0.717) is 6.42 Å². The summed E-state index contributed by atoms with van der Waals surface area (Å²) in [5.74, 6) is -1.71. The molecule has 0 heterocycles. The summed E-state index contributed by atoms with van der Waals surface area (Å²) in [6.07, 6.45) is 28.5. The van der Waals surface area contributed by atoms with E-state index in [-0.39, 0.29) is 12.1 Å². The number of carbonyl (C=O) groups is 2. The fourth-order valence-corrected chi connectivity index (χ4v) is 5.35. The lowest BCUT2D eigenvalue weighted by molar-refractivity contribution is -0.160. The van der Waals surface area contributed by atoms with Gasteiger partial charge in [-0.15, -0.1) is 0 Å². The third-order valence-corrected chi connectivity index (χ3v) is 7.73. The maximum absolute atomic E-state index is 12.9. The topological polar surface area (TPSA) is 63.6 Å². The Hall–Kier alpha value is -1.32. The van der Waals surface area contributed by atoms with E-state index in [2.05, 4.69) is 20.8 Å². The van der Waals surface area contributed by atoms with Gasteiger partial charge in [0.2, 0.25) is 0 Å². The van der Waals surface area contributed by atoms with Crippen molar-refractivity contribution in [1.29, 1.82) is 0 Å². The number of esters is 1. The summed E-state index contributed by atoms with van der Waals surface area (Å²) in [6, 6.07) is 0. The monoisotopic (exact) mass is 506 g/mol.